The highest BCUT2D eigenvalue weighted by Gasteiger charge is 2.39. The first-order valence-electron chi connectivity index (χ1n) is 7.91. The van der Waals surface area contributed by atoms with E-state index in [1.54, 1.807) is 0 Å². The molecule has 6 heteroatoms. The number of aliphatic carboxylic acids is 1. The number of carboxylic acid groups (broad SMARTS) is 1. The zero-order chi connectivity index (χ0) is 16.3. The van der Waals surface area contributed by atoms with E-state index in [1.165, 1.54) is 0 Å². The molecule has 0 bridgehead atoms. The van der Waals surface area contributed by atoms with Crippen molar-refractivity contribution in [3.05, 3.63) is 35.4 Å². The number of carbonyl (C=O) groups excluding carboxylic acids is 1. The van der Waals surface area contributed by atoms with Crippen LogP contribution >= 0.6 is 0 Å². The van der Waals surface area contributed by atoms with Crippen LogP contribution in [0.5, 0.6) is 0 Å². The van der Waals surface area contributed by atoms with Gasteiger partial charge in [-0.25, -0.2) is 0 Å². The Bertz CT molecular complexity index is 594. The van der Waals surface area contributed by atoms with Crippen LogP contribution in [0, 0.1) is 0 Å². The fourth-order valence-corrected chi connectivity index (χ4v) is 3.34. The zero-order valence-corrected chi connectivity index (χ0v) is 12.9. The molecule has 124 valence electrons. The lowest BCUT2D eigenvalue weighted by Crippen LogP contribution is -2.54. The van der Waals surface area contributed by atoms with Crippen LogP contribution in [-0.2, 0) is 25.5 Å². The van der Waals surface area contributed by atoms with Crippen molar-refractivity contribution < 1.29 is 24.2 Å². The van der Waals surface area contributed by atoms with E-state index in [2.05, 4.69) is 5.32 Å². The Morgan fingerprint density at radius 1 is 1.22 bits per heavy atom. The van der Waals surface area contributed by atoms with E-state index in [1.807, 2.05) is 24.3 Å². The normalized spacial score (nSPS) is 22.9. The monoisotopic (exact) mass is 319 g/mol. The third kappa shape index (κ3) is 3.54. The van der Waals surface area contributed by atoms with Gasteiger partial charge in [-0.1, -0.05) is 24.3 Å². The van der Waals surface area contributed by atoms with Crippen molar-refractivity contribution in [3.8, 4) is 0 Å². The Labute approximate surface area is 134 Å². The summed E-state index contributed by atoms with van der Waals surface area (Å²) in [6.45, 7) is 1.40. The van der Waals surface area contributed by atoms with Crippen molar-refractivity contribution in [2.45, 2.75) is 37.3 Å². The zero-order valence-electron chi connectivity index (χ0n) is 12.9. The first kappa shape index (κ1) is 16.0. The molecule has 3 rings (SSSR count). The van der Waals surface area contributed by atoms with Crippen LogP contribution in [0.1, 0.15) is 36.5 Å². The van der Waals surface area contributed by atoms with Crippen molar-refractivity contribution in [1.29, 1.82) is 0 Å². The molecular weight excluding hydrogens is 298 g/mol. The Kier molecular flexibility index (Phi) is 4.63. The molecule has 2 N–H and O–H groups in total. The maximum absolute atomic E-state index is 12.7. The third-order valence-corrected chi connectivity index (χ3v) is 4.56. The van der Waals surface area contributed by atoms with Gasteiger partial charge in [0.2, 0.25) is 0 Å². The maximum atomic E-state index is 12.7. The predicted molar refractivity (Wildman–Crippen MR) is 82.0 cm³/mol. The molecule has 2 heterocycles. The Morgan fingerprint density at radius 2 is 1.96 bits per heavy atom. The summed E-state index contributed by atoms with van der Waals surface area (Å²) in [6.07, 6.45) is 1.01. The summed E-state index contributed by atoms with van der Waals surface area (Å²) in [4.78, 5) is 24.0. The number of carboxylic acids is 1. The molecule has 1 atom stereocenters. The SMILES string of the molecule is O=C(O)CC1(NC(=O)C2OCCc3ccccc32)CCOCC1. The maximum Gasteiger partial charge on any atom is 0.305 e. The van der Waals surface area contributed by atoms with E-state index in [9.17, 15) is 14.7 Å². The molecule has 2 aliphatic heterocycles. The van der Waals surface area contributed by atoms with Crippen LogP contribution in [0.25, 0.3) is 0 Å². The van der Waals surface area contributed by atoms with Crippen LogP contribution in [0.15, 0.2) is 24.3 Å². The Morgan fingerprint density at radius 3 is 2.70 bits per heavy atom. The third-order valence-electron chi connectivity index (χ3n) is 4.56. The van der Waals surface area contributed by atoms with Crippen molar-refractivity contribution in [1.82, 2.24) is 5.32 Å². The molecule has 0 radical (unpaired) electrons. The summed E-state index contributed by atoms with van der Waals surface area (Å²) in [6, 6.07) is 7.73. The Hall–Kier alpha value is -1.92. The van der Waals surface area contributed by atoms with E-state index < -0.39 is 17.6 Å². The van der Waals surface area contributed by atoms with E-state index in [4.69, 9.17) is 9.47 Å². The van der Waals surface area contributed by atoms with Gasteiger partial charge in [0, 0.05) is 13.2 Å². The number of rotatable bonds is 4. The second kappa shape index (κ2) is 6.68. The largest absolute Gasteiger partial charge is 0.481 e. The molecule has 6 nitrogen and oxygen atoms in total. The first-order chi connectivity index (χ1) is 11.1. The van der Waals surface area contributed by atoms with Crippen molar-refractivity contribution in [3.63, 3.8) is 0 Å². The standard InChI is InChI=1S/C17H21NO5/c19-14(20)11-17(6-9-22-10-7-17)18-16(21)15-13-4-2-1-3-12(13)5-8-23-15/h1-4,15H,5-11H2,(H,18,21)(H,19,20). The molecule has 0 aromatic heterocycles. The molecule has 2 aliphatic rings. The lowest BCUT2D eigenvalue weighted by molar-refractivity contribution is -0.143. The quantitative estimate of drug-likeness (QED) is 0.877. The van der Waals surface area contributed by atoms with Gasteiger partial charge in [0.05, 0.1) is 18.6 Å². The van der Waals surface area contributed by atoms with Gasteiger partial charge in [-0.3, -0.25) is 9.59 Å². The minimum absolute atomic E-state index is 0.101. The van der Waals surface area contributed by atoms with Crippen LogP contribution in [-0.4, -0.2) is 42.3 Å². The van der Waals surface area contributed by atoms with Gasteiger partial charge in [-0.2, -0.15) is 0 Å². The predicted octanol–water partition coefficient (Wildman–Crippen LogP) is 1.44. The van der Waals surface area contributed by atoms with Gasteiger partial charge >= 0.3 is 5.97 Å². The van der Waals surface area contributed by atoms with Gasteiger partial charge in [-0.05, 0) is 30.4 Å². The fraction of sp³-hybridized carbons (Fsp3) is 0.529. The molecule has 1 amide bonds. The topological polar surface area (TPSA) is 84.9 Å². The summed E-state index contributed by atoms with van der Waals surface area (Å²) in [5, 5.41) is 12.1. The summed E-state index contributed by atoms with van der Waals surface area (Å²) in [7, 11) is 0. The van der Waals surface area contributed by atoms with E-state index in [-0.39, 0.29) is 12.3 Å². The molecule has 0 spiro atoms. The van der Waals surface area contributed by atoms with Crippen LogP contribution < -0.4 is 5.32 Å². The summed E-state index contributed by atoms with van der Waals surface area (Å²) in [5.74, 6) is -1.18. The number of hydrogen-bond acceptors (Lipinski definition) is 4. The number of benzene rings is 1. The molecular formula is C17H21NO5. The van der Waals surface area contributed by atoms with E-state index in [0.29, 0.717) is 32.7 Å². The van der Waals surface area contributed by atoms with Crippen molar-refractivity contribution in [2.24, 2.45) is 0 Å². The van der Waals surface area contributed by atoms with Gasteiger partial charge < -0.3 is 19.9 Å². The highest BCUT2D eigenvalue weighted by atomic mass is 16.5. The highest BCUT2D eigenvalue weighted by Crippen LogP contribution is 2.30. The van der Waals surface area contributed by atoms with Gasteiger partial charge in [0.25, 0.3) is 5.91 Å². The van der Waals surface area contributed by atoms with Crippen LogP contribution in [0.4, 0.5) is 0 Å². The average molecular weight is 319 g/mol. The fourth-order valence-electron chi connectivity index (χ4n) is 3.34. The van der Waals surface area contributed by atoms with E-state index in [0.717, 1.165) is 17.5 Å². The average Bonchev–Trinajstić information content (AvgIpc) is 2.54. The minimum Gasteiger partial charge on any atom is -0.481 e. The van der Waals surface area contributed by atoms with Gasteiger partial charge in [0.15, 0.2) is 6.10 Å². The van der Waals surface area contributed by atoms with Gasteiger partial charge in [0.1, 0.15) is 0 Å². The number of carbonyl (C=O) groups is 2. The second-order valence-electron chi connectivity index (χ2n) is 6.15. The van der Waals surface area contributed by atoms with Crippen molar-refractivity contribution in [2.75, 3.05) is 19.8 Å². The number of hydrogen-bond donors (Lipinski definition) is 2. The summed E-state index contributed by atoms with van der Waals surface area (Å²) < 4.78 is 11.0. The van der Waals surface area contributed by atoms with Crippen LogP contribution in [0.2, 0.25) is 0 Å². The number of nitrogens with one attached hydrogen (secondary N) is 1. The van der Waals surface area contributed by atoms with Gasteiger partial charge in [-0.15, -0.1) is 0 Å². The minimum atomic E-state index is -0.919. The number of amides is 1. The Balaban J connectivity index is 1.78. The molecule has 1 aromatic carbocycles. The second-order valence-corrected chi connectivity index (χ2v) is 6.15. The molecule has 1 saturated heterocycles. The van der Waals surface area contributed by atoms with Crippen LogP contribution in [0.3, 0.4) is 0 Å². The summed E-state index contributed by atoms with van der Waals surface area (Å²) in [5.41, 5.74) is 1.23. The molecule has 1 unspecified atom stereocenters. The lowest BCUT2D eigenvalue weighted by Gasteiger charge is -2.38. The first-order valence-corrected chi connectivity index (χ1v) is 7.91. The molecule has 23 heavy (non-hydrogen) atoms. The lowest BCUT2D eigenvalue weighted by atomic mass is 9.85. The summed E-state index contributed by atoms with van der Waals surface area (Å²) >= 11 is 0. The van der Waals surface area contributed by atoms with Crippen molar-refractivity contribution >= 4 is 11.9 Å². The molecule has 1 aromatic rings. The molecule has 0 aliphatic carbocycles. The smallest absolute Gasteiger partial charge is 0.305 e. The molecule has 1 fully saturated rings. The highest BCUT2D eigenvalue weighted by molar-refractivity contribution is 5.84. The molecule has 0 saturated carbocycles. The number of fused-ring (bicyclic) bond motifs is 1. The van der Waals surface area contributed by atoms with E-state index >= 15 is 0 Å². The number of ether oxygens (including phenoxy) is 2.